The maximum atomic E-state index is 12.6. The van der Waals surface area contributed by atoms with Crippen LogP contribution in [0.3, 0.4) is 0 Å². The molecular weight excluding hydrogens is 402 g/mol. The van der Waals surface area contributed by atoms with Gasteiger partial charge in [0.2, 0.25) is 5.91 Å². The first-order valence-electron chi connectivity index (χ1n) is 10.1. The highest BCUT2D eigenvalue weighted by molar-refractivity contribution is 6.31. The zero-order valence-corrected chi connectivity index (χ0v) is 18.0. The number of ether oxygens (including phenoxy) is 2. The number of halogens is 1. The number of carbonyl (C=O) groups is 1. The van der Waals surface area contributed by atoms with E-state index in [4.69, 9.17) is 21.1 Å². The highest BCUT2D eigenvalue weighted by atomic mass is 35.5. The average Bonchev–Trinajstić information content (AvgIpc) is 3.14. The second kappa shape index (κ2) is 8.40. The molecule has 1 aromatic heterocycles. The molecule has 4 rings (SSSR count). The van der Waals surface area contributed by atoms with Crippen LogP contribution in [0.25, 0.3) is 5.69 Å². The fourth-order valence-electron chi connectivity index (χ4n) is 3.81. The van der Waals surface area contributed by atoms with Crippen LogP contribution in [0.1, 0.15) is 42.9 Å². The molecule has 1 amide bonds. The third-order valence-corrected chi connectivity index (χ3v) is 5.67. The van der Waals surface area contributed by atoms with Crippen molar-refractivity contribution in [2.24, 2.45) is 0 Å². The Morgan fingerprint density at radius 3 is 2.70 bits per heavy atom. The first-order chi connectivity index (χ1) is 14.5. The monoisotopic (exact) mass is 425 g/mol. The Bertz CT molecular complexity index is 1090. The maximum Gasteiger partial charge on any atom is 0.226 e. The Labute approximate surface area is 180 Å². The van der Waals surface area contributed by atoms with Gasteiger partial charge in [0.15, 0.2) is 11.5 Å². The Morgan fingerprint density at radius 1 is 1.17 bits per heavy atom. The average molecular weight is 426 g/mol. The minimum Gasteiger partial charge on any atom is -0.490 e. The van der Waals surface area contributed by atoms with E-state index in [9.17, 15) is 4.79 Å². The van der Waals surface area contributed by atoms with Crippen molar-refractivity contribution in [3.63, 3.8) is 0 Å². The summed E-state index contributed by atoms with van der Waals surface area (Å²) in [4.78, 5) is 12.6. The van der Waals surface area contributed by atoms with Crippen molar-refractivity contribution in [2.75, 3.05) is 18.5 Å². The standard InChI is InChI=1S/C23H24ClN3O3/c1-4-29-20-10-9-15(11-21(20)30-5-2)16-12-22(28)26-23-17(16)13-25-27(23)19-8-6-7-18(24)14(19)3/h6-11,13,16H,4-5,12H2,1-3H3,(H,26,28)/t16-/m0/s1. The first kappa shape index (κ1) is 20.3. The summed E-state index contributed by atoms with van der Waals surface area (Å²) in [7, 11) is 0. The summed E-state index contributed by atoms with van der Waals surface area (Å²) in [6.07, 6.45) is 2.16. The number of rotatable bonds is 6. The molecule has 2 aromatic carbocycles. The lowest BCUT2D eigenvalue weighted by atomic mass is 9.87. The normalized spacial score (nSPS) is 15.5. The predicted molar refractivity (Wildman–Crippen MR) is 117 cm³/mol. The van der Waals surface area contributed by atoms with Gasteiger partial charge in [-0.2, -0.15) is 5.10 Å². The number of hydrogen-bond donors (Lipinski definition) is 1. The molecule has 0 saturated carbocycles. The molecule has 0 saturated heterocycles. The van der Waals surface area contributed by atoms with Gasteiger partial charge in [-0.15, -0.1) is 0 Å². The van der Waals surface area contributed by atoms with E-state index < -0.39 is 0 Å². The minimum atomic E-state index is -0.128. The smallest absolute Gasteiger partial charge is 0.226 e. The highest BCUT2D eigenvalue weighted by Gasteiger charge is 2.31. The number of benzene rings is 2. The number of nitrogens with zero attached hydrogens (tertiary/aromatic N) is 2. The molecule has 6 nitrogen and oxygen atoms in total. The van der Waals surface area contributed by atoms with E-state index in [-0.39, 0.29) is 11.8 Å². The maximum absolute atomic E-state index is 12.6. The van der Waals surface area contributed by atoms with Crippen molar-refractivity contribution >= 4 is 23.3 Å². The lowest BCUT2D eigenvalue weighted by molar-refractivity contribution is -0.116. The van der Waals surface area contributed by atoms with Crippen LogP contribution in [0.4, 0.5) is 5.82 Å². The largest absolute Gasteiger partial charge is 0.490 e. The lowest BCUT2D eigenvalue weighted by Gasteiger charge is -2.25. The molecule has 0 unspecified atom stereocenters. The van der Waals surface area contributed by atoms with Crippen LogP contribution in [-0.4, -0.2) is 28.9 Å². The lowest BCUT2D eigenvalue weighted by Crippen LogP contribution is -2.24. The number of hydrogen-bond acceptors (Lipinski definition) is 4. The van der Waals surface area contributed by atoms with Gasteiger partial charge in [0.05, 0.1) is 25.1 Å². The molecule has 7 heteroatoms. The van der Waals surface area contributed by atoms with Crippen molar-refractivity contribution in [1.29, 1.82) is 0 Å². The minimum absolute atomic E-state index is 0.0548. The Kier molecular flexibility index (Phi) is 5.68. The van der Waals surface area contributed by atoms with Gasteiger partial charge >= 0.3 is 0 Å². The summed E-state index contributed by atoms with van der Waals surface area (Å²) in [5.41, 5.74) is 3.69. The van der Waals surface area contributed by atoms with Crippen LogP contribution < -0.4 is 14.8 Å². The van der Waals surface area contributed by atoms with E-state index in [0.29, 0.717) is 42.0 Å². The highest BCUT2D eigenvalue weighted by Crippen LogP contribution is 2.41. The van der Waals surface area contributed by atoms with Gasteiger partial charge in [-0.05, 0) is 56.2 Å². The number of amides is 1. The molecule has 2 heterocycles. The van der Waals surface area contributed by atoms with Crippen molar-refractivity contribution < 1.29 is 14.3 Å². The van der Waals surface area contributed by atoms with Crippen molar-refractivity contribution in [2.45, 2.75) is 33.1 Å². The van der Waals surface area contributed by atoms with Gasteiger partial charge in [0.25, 0.3) is 0 Å². The number of aromatic nitrogens is 2. The summed E-state index contributed by atoms with van der Waals surface area (Å²) in [5, 5.41) is 8.22. The van der Waals surface area contributed by atoms with Gasteiger partial charge in [0.1, 0.15) is 5.82 Å². The summed E-state index contributed by atoms with van der Waals surface area (Å²) >= 11 is 6.30. The molecule has 0 spiro atoms. The van der Waals surface area contributed by atoms with Gasteiger partial charge in [-0.1, -0.05) is 23.7 Å². The van der Waals surface area contributed by atoms with E-state index in [0.717, 1.165) is 22.4 Å². The zero-order chi connectivity index (χ0) is 21.3. The quantitative estimate of drug-likeness (QED) is 0.596. The second-order valence-corrected chi connectivity index (χ2v) is 7.53. The van der Waals surface area contributed by atoms with E-state index in [2.05, 4.69) is 10.4 Å². The molecule has 0 aliphatic carbocycles. The molecule has 0 radical (unpaired) electrons. The Hall–Kier alpha value is -2.99. The van der Waals surface area contributed by atoms with Crippen LogP contribution in [-0.2, 0) is 4.79 Å². The summed E-state index contributed by atoms with van der Waals surface area (Å²) in [5.74, 6) is 1.88. The van der Waals surface area contributed by atoms with Crippen molar-refractivity contribution in [3.05, 3.63) is 64.3 Å². The molecule has 30 heavy (non-hydrogen) atoms. The summed E-state index contributed by atoms with van der Waals surface area (Å²) < 4.78 is 13.2. The van der Waals surface area contributed by atoms with E-state index in [1.165, 1.54) is 0 Å². The Morgan fingerprint density at radius 2 is 1.93 bits per heavy atom. The molecule has 0 fully saturated rings. The summed E-state index contributed by atoms with van der Waals surface area (Å²) in [6, 6.07) is 11.5. The fraction of sp³-hybridized carbons (Fsp3) is 0.304. The number of anilines is 1. The van der Waals surface area contributed by atoms with E-state index in [1.807, 2.05) is 63.4 Å². The molecule has 3 aromatic rings. The van der Waals surface area contributed by atoms with Gasteiger partial charge in [-0.25, -0.2) is 4.68 Å². The molecule has 1 N–H and O–H groups in total. The number of carbonyl (C=O) groups excluding carboxylic acids is 1. The topological polar surface area (TPSA) is 65.4 Å². The number of fused-ring (bicyclic) bond motifs is 1. The molecular formula is C23H24ClN3O3. The number of nitrogens with one attached hydrogen (secondary N) is 1. The van der Waals surface area contributed by atoms with Gasteiger partial charge in [0, 0.05) is 22.9 Å². The third-order valence-electron chi connectivity index (χ3n) is 5.26. The zero-order valence-electron chi connectivity index (χ0n) is 17.2. The summed E-state index contributed by atoms with van der Waals surface area (Å²) in [6.45, 7) is 6.90. The van der Waals surface area contributed by atoms with Crippen LogP contribution in [0, 0.1) is 6.92 Å². The fourth-order valence-corrected chi connectivity index (χ4v) is 3.98. The van der Waals surface area contributed by atoms with E-state index >= 15 is 0 Å². The van der Waals surface area contributed by atoms with Crippen LogP contribution >= 0.6 is 11.6 Å². The molecule has 156 valence electrons. The second-order valence-electron chi connectivity index (χ2n) is 7.12. The molecule has 0 bridgehead atoms. The van der Waals surface area contributed by atoms with Gasteiger partial charge in [-0.3, -0.25) is 4.79 Å². The van der Waals surface area contributed by atoms with Crippen molar-refractivity contribution in [3.8, 4) is 17.2 Å². The third kappa shape index (κ3) is 3.63. The first-order valence-corrected chi connectivity index (χ1v) is 10.4. The predicted octanol–water partition coefficient (Wildman–Crippen LogP) is 5.11. The molecule has 1 aliphatic rings. The molecule has 1 atom stereocenters. The van der Waals surface area contributed by atoms with Crippen molar-refractivity contribution in [1.82, 2.24) is 9.78 Å². The van der Waals surface area contributed by atoms with Crippen LogP contribution in [0.5, 0.6) is 11.5 Å². The van der Waals surface area contributed by atoms with E-state index in [1.54, 1.807) is 4.68 Å². The van der Waals surface area contributed by atoms with Crippen LogP contribution in [0.2, 0.25) is 5.02 Å². The van der Waals surface area contributed by atoms with Crippen LogP contribution in [0.15, 0.2) is 42.6 Å². The SMILES string of the molecule is CCOc1ccc([C@@H]2CC(=O)Nc3c2cnn3-c2cccc(Cl)c2C)cc1OCC. The molecule has 1 aliphatic heterocycles. The van der Waals surface area contributed by atoms with Gasteiger partial charge < -0.3 is 14.8 Å². The Balaban J connectivity index is 1.79.